The zero-order chi connectivity index (χ0) is 25.5. The number of nitrogens with zero attached hydrogens (tertiary/aromatic N) is 2. The number of aromatic nitrogens is 3. The zero-order valence-electron chi connectivity index (χ0n) is 20.7. The number of nitrogens with one attached hydrogen (secondary N) is 4. The van der Waals surface area contributed by atoms with Gasteiger partial charge in [0.15, 0.2) is 0 Å². The smallest absolute Gasteiger partial charge is 0.412 e. The fourth-order valence-corrected chi connectivity index (χ4v) is 3.33. The van der Waals surface area contributed by atoms with E-state index in [1.54, 1.807) is 25.4 Å². The number of fused-ring (bicyclic) bond motifs is 1. The van der Waals surface area contributed by atoms with Crippen molar-refractivity contribution >= 4 is 46.0 Å². The highest BCUT2D eigenvalue weighted by molar-refractivity contribution is 5.91. The van der Waals surface area contributed by atoms with E-state index in [2.05, 4.69) is 30.9 Å². The number of H-pyrrole nitrogens is 1. The van der Waals surface area contributed by atoms with E-state index in [-0.39, 0.29) is 0 Å². The molecule has 0 aliphatic carbocycles. The summed E-state index contributed by atoms with van der Waals surface area (Å²) in [4.78, 5) is 24.5. The Morgan fingerprint density at radius 1 is 0.944 bits per heavy atom. The second kappa shape index (κ2) is 11.0. The molecule has 4 N–H and O–H groups in total. The summed E-state index contributed by atoms with van der Waals surface area (Å²) in [7, 11) is 1.64. The summed E-state index contributed by atoms with van der Waals surface area (Å²) in [5.74, 6) is 1.78. The van der Waals surface area contributed by atoms with Crippen LogP contribution in [0.15, 0.2) is 60.8 Å². The summed E-state index contributed by atoms with van der Waals surface area (Å²) < 4.78 is 15.9. The average Bonchev–Trinajstić information content (AvgIpc) is 3.28. The van der Waals surface area contributed by atoms with Gasteiger partial charge in [-0.1, -0.05) is 6.07 Å². The summed E-state index contributed by atoms with van der Waals surface area (Å²) >= 11 is 0. The molecule has 0 bridgehead atoms. The van der Waals surface area contributed by atoms with Gasteiger partial charge in [0.05, 0.1) is 12.0 Å². The van der Waals surface area contributed by atoms with Crippen LogP contribution in [0.1, 0.15) is 20.8 Å². The van der Waals surface area contributed by atoms with Gasteiger partial charge in [-0.25, -0.2) is 4.79 Å². The number of benzene rings is 2. The Balaban J connectivity index is 1.49. The Kier molecular flexibility index (Phi) is 7.55. The van der Waals surface area contributed by atoms with Crippen molar-refractivity contribution in [2.45, 2.75) is 26.4 Å². The van der Waals surface area contributed by atoms with Crippen molar-refractivity contribution < 1.29 is 19.0 Å². The molecule has 0 radical (unpaired) electrons. The van der Waals surface area contributed by atoms with Crippen molar-refractivity contribution in [3.63, 3.8) is 0 Å². The Labute approximate surface area is 209 Å². The number of amides is 1. The minimum absolute atomic E-state index is 0.420. The third-order valence-electron chi connectivity index (χ3n) is 4.85. The van der Waals surface area contributed by atoms with Crippen molar-refractivity contribution in [2.24, 2.45) is 0 Å². The lowest BCUT2D eigenvalue weighted by molar-refractivity contribution is 0.0636. The lowest BCUT2D eigenvalue weighted by Crippen LogP contribution is -2.27. The van der Waals surface area contributed by atoms with Gasteiger partial charge in [0.1, 0.15) is 29.4 Å². The molecule has 188 valence electrons. The van der Waals surface area contributed by atoms with Gasteiger partial charge in [-0.3, -0.25) is 5.32 Å². The highest BCUT2D eigenvalue weighted by Crippen LogP contribution is 2.27. The predicted molar refractivity (Wildman–Crippen MR) is 141 cm³/mol. The molecule has 0 fully saturated rings. The molecular weight excluding hydrogens is 460 g/mol. The maximum absolute atomic E-state index is 12.1. The molecule has 0 spiro atoms. The van der Waals surface area contributed by atoms with Crippen LogP contribution < -0.4 is 20.7 Å². The van der Waals surface area contributed by atoms with Crippen LogP contribution in [-0.2, 0) is 9.47 Å². The lowest BCUT2D eigenvalue weighted by atomic mass is 10.2. The molecular formula is C26H30N6O4. The van der Waals surface area contributed by atoms with Crippen LogP contribution >= 0.6 is 0 Å². The molecule has 2 aromatic heterocycles. The number of ether oxygens (including phenoxy) is 3. The number of aromatic amines is 1. The topological polar surface area (TPSA) is 122 Å². The summed E-state index contributed by atoms with van der Waals surface area (Å²) in [6.45, 7) is 6.47. The Morgan fingerprint density at radius 2 is 1.72 bits per heavy atom. The number of carbonyl (C=O) groups excluding carboxylic acids is 1. The first-order chi connectivity index (χ1) is 17.3. The molecule has 1 amide bonds. The SMILES string of the molecule is COCCOc1ccc(Nc2nc(Nc3cccc(NC(=O)OC(C)(C)C)c3)c3cc[nH]c3n2)cc1. The van der Waals surface area contributed by atoms with Crippen molar-refractivity contribution in [3.05, 3.63) is 60.8 Å². The number of methoxy groups -OCH3 is 1. The number of rotatable bonds is 9. The van der Waals surface area contributed by atoms with Gasteiger partial charge in [0, 0.05) is 30.4 Å². The highest BCUT2D eigenvalue weighted by Gasteiger charge is 2.16. The molecule has 2 heterocycles. The third kappa shape index (κ3) is 6.86. The van der Waals surface area contributed by atoms with Crippen LogP contribution in [0.4, 0.5) is 33.6 Å². The van der Waals surface area contributed by atoms with E-state index in [1.807, 2.05) is 63.2 Å². The molecule has 36 heavy (non-hydrogen) atoms. The molecule has 0 aliphatic rings. The van der Waals surface area contributed by atoms with Crippen molar-refractivity contribution in [1.82, 2.24) is 15.0 Å². The van der Waals surface area contributed by atoms with Crippen LogP contribution in [0.25, 0.3) is 11.0 Å². The maximum Gasteiger partial charge on any atom is 0.412 e. The molecule has 4 aromatic rings. The largest absolute Gasteiger partial charge is 0.491 e. The zero-order valence-corrected chi connectivity index (χ0v) is 20.7. The van der Waals surface area contributed by atoms with Crippen LogP contribution in [0, 0.1) is 0 Å². The second-order valence-corrected chi connectivity index (χ2v) is 8.96. The van der Waals surface area contributed by atoms with E-state index in [0.717, 1.165) is 22.5 Å². The van der Waals surface area contributed by atoms with Gasteiger partial charge in [-0.2, -0.15) is 9.97 Å². The first kappa shape index (κ1) is 24.8. The molecule has 10 heteroatoms. The van der Waals surface area contributed by atoms with Gasteiger partial charge >= 0.3 is 6.09 Å². The van der Waals surface area contributed by atoms with Crippen LogP contribution in [0.5, 0.6) is 5.75 Å². The van der Waals surface area contributed by atoms with E-state index in [4.69, 9.17) is 14.2 Å². The van der Waals surface area contributed by atoms with Crippen LogP contribution in [0.2, 0.25) is 0 Å². The van der Waals surface area contributed by atoms with Gasteiger partial charge < -0.3 is 29.8 Å². The fourth-order valence-electron chi connectivity index (χ4n) is 3.33. The third-order valence-corrected chi connectivity index (χ3v) is 4.85. The van der Waals surface area contributed by atoms with E-state index < -0.39 is 11.7 Å². The normalized spacial score (nSPS) is 11.2. The van der Waals surface area contributed by atoms with E-state index in [0.29, 0.717) is 36.3 Å². The standard InChI is InChI=1S/C26H30N6O4/c1-26(2,3)36-25(33)30-19-7-5-6-18(16-19)28-23-21-12-13-27-22(21)31-24(32-23)29-17-8-10-20(11-9-17)35-15-14-34-4/h5-13,16H,14-15H2,1-4H3,(H,30,33)(H3,27,28,29,31,32). The minimum Gasteiger partial charge on any atom is -0.491 e. The molecule has 0 saturated carbocycles. The second-order valence-electron chi connectivity index (χ2n) is 8.96. The first-order valence-electron chi connectivity index (χ1n) is 11.5. The Bertz CT molecular complexity index is 1310. The van der Waals surface area contributed by atoms with E-state index in [9.17, 15) is 4.79 Å². The quantitative estimate of drug-likeness (QED) is 0.217. The summed E-state index contributed by atoms with van der Waals surface area (Å²) in [5.41, 5.74) is 2.25. The van der Waals surface area contributed by atoms with Crippen molar-refractivity contribution in [3.8, 4) is 5.75 Å². The number of hydrogen-bond acceptors (Lipinski definition) is 8. The van der Waals surface area contributed by atoms with Crippen molar-refractivity contribution in [1.29, 1.82) is 0 Å². The van der Waals surface area contributed by atoms with Crippen LogP contribution in [0.3, 0.4) is 0 Å². The maximum atomic E-state index is 12.1. The van der Waals surface area contributed by atoms with Gasteiger partial charge in [-0.15, -0.1) is 0 Å². The average molecular weight is 491 g/mol. The van der Waals surface area contributed by atoms with Gasteiger partial charge in [0.2, 0.25) is 5.95 Å². The molecule has 0 atom stereocenters. The summed E-state index contributed by atoms with van der Waals surface area (Å²) in [5, 5.41) is 10.1. The molecule has 10 nitrogen and oxygen atoms in total. The first-order valence-corrected chi connectivity index (χ1v) is 11.5. The highest BCUT2D eigenvalue weighted by atomic mass is 16.6. The summed E-state index contributed by atoms with van der Waals surface area (Å²) in [6, 6.07) is 16.7. The van der Waals surface area contributed by atoms with E-state index >= 15 is 0 Å². The predicted octanol–water partition coefficient (Wildman–Crippen LogP) is 5.82. The number of carbonyl (C=O) groups is 1. The molecule has 2 aromatic carbocycles. The van der Waals surface area contributed by atoms with Gasteiger partial charge in [-0.05, 0) is 69.3 Å². The number of hydrogen-bond donors (Lipinski definition) is 4. The molecule has 0 aliphatic heterocycles. The lowest BCUT2D eigenvalue weighted by Gasteiger charge is -2.19. The monoisotopic (exact) mass is 490 g/mol. The number of anilines is 5. The van der Waals surface area contributed by atoms with Crippen molar-refractivity contribution in [2.75, 3.05) is 36.3 Å². The Hall–Kier alpha value is -4.31. The molecule has 0 saturated heterocycles. The van der Waals surface area contributed by atoms with E-state index in [1.165, 1.54) is 0 Å². The minimum atomic E-state index is -0.582. The fraction of sp³-hybridized carbons (Fsp3) is 0.269. The molecule has 4 rings (SSSR count). The van der Waals surface area contributed by atoms with Crippen LogP contribution in [-0.4, -0.2) is 47.0 Å². The summed E-state index contributed by atoms with van der Waals surface area (Å²) in [6.07, 6.45) is 1.29. The molecule has 0 unspecified atom stereocenters. The Morgan fingerprint density at radius 3 is 2.47 bits per heavy atom. The van der Waals surface area contributed by atoms with Gasteiger partial charge in [0.25, 0.3) is 0 Å².